The van der Waals surface area contributed by atoms with Gasteiger partial charge in [-0.1, -0.05) is 18.2 Å². The molecule has 0 bridgehead atoms. The summed E-state index contributed by atoms with van der Waals surface area (Å²) in [5.41, 5.74) is 2.20. The maximum absolute atomic E-state index is 12.0. The number of para-hydroxylation sites is 1. The average Bonchev–Trinajstić information content (AvgIpc) is 3.03. The van der Waals surface area contributed by atoms with E-state index in [0.717, 1.165) is 34.9 Å². The second kappa shape index (κ2) is 9.73. The lowest BCUT2D eigenvalue weighted by Gasteiger charge is -2.28. The number of aliphatic imine (C=N–C) groups is 1. The first kappa shape index (κ1) is 21.1. The van der Waals surface area contributed by atoms with Crippen LogP contribution in [-0.4, -0.2) is 55.5 Å². The van der Waals surface area contributed by atoms with E-state index < -0.39 is 0 Å². The van der Waals surface area contributed by atoms with E-state index in [4.69, 9.17) is 4.74 Å². The van der Waals surface area contributed by atoms with E-state index in [2.05, 4.69) is 33.6 Å². The van der Waals surface area contributed by atoms with Crippen LogP contribution in [0.5, 0.6) is 5.75 Å². The van der Waals surface area contributed by atoms with Crippen molar-refractivity contribution in [2.45, 2.75) is 32.7 Å². The van der Waals surface area contributed by atoms with Crippen LogP contribution in [0.15, 0.2) is 29.3 Å². The number of carbonyl (C=O) groups excluding carboxylic acids is 1. The van der Waals surface area contributed by atoms with Gasteiger partial charge in [-0.3, -0.25) is 4.79 Å². The highest BCUT2D eigenvalue weighted by Crippen LogP contribution is 2.31. The van der Waals surface area contributed by atoms with Gasteiger partial charge in [-0.15, -0.1) is 11.3 Å². The topological polar surface area (TPSA) is 78.9 Å². The second-order valence-corrected chi connectivity index (χ2v) is 8.54. The monoisotopic (exact) mass is 415 g/mol. The van der Waals surface area contributed by atoms with Crippen LogP contribution >= 0.6 is 11.3 Å². The molecule has 29 heavy (non-hydrogen) atoms. The molecule has 2 aromatic rings. The van der Waals surface area contributed by atoms with Crippen LogP contribution in [0.25, 0.3) is 0 Å². The highest BCUT2D eigenvalue weighted by molar-refractivity contribution is 7.11. The highest BCUT2D eigenvalue weighted by Gasteiger charge is 2.22. The Hall–Kier alpha value is -2.61. The summed E-state index contributed by atoms with van der Waals surface area (Å²) in [4.78, 5) is 23.9. The lowest BCUT2D eigenvalue weighted by molar-refractivity contribution is -0.127. The molecular formula is C21H29N5O2S. The van der Waals surface area contributed by atoms with Crippen molar-refractivity contribution in [1.82, 2.24) is 20.5 Å². The number of fused-ring (bicyclic) bond motifs is 1. The lowest BCUT2D eigenvalue weighted by Crippen LogP contribution is -2.42. The van der Waals surface area contributed by atoms with Crippen molar-refractivity contribution >= 4 is 23.2 Å². The Morgan fingerprint density at radius 1 is 1.34 bits per heavy atom. The Morgan fingerprint density at radius 3 is 2.86 bits per heavy atom. The zero-order valence-corrected chi connectivity index (χ0v) is 18.3. The molecule has 2 N–H and O–H groups in total. The lowest BCUT2D eigenvalue weighted by atomic mass is 10.0. The third-order valence-corrected chi connectivity index (χ3v) is 5.98. The average molecular weight is 416 g/mol. The summed E-state index contributed by atoms with van der Waals surface area (Å²) < 4.78 is 5.75. The first-order valence-electron chi connectivity index (χ1n) is 9.83. The van der Waals surface area contributed by atoms with Gasteiger partial charge in [-0.2, -0.15) is 0 Å². The summed E-state index contributed by atoms with van der Waals surface area (Å²) in [6.07, 6.45) is 1.65. The summed E-state index contributed by atoms with van der Waals surface area (Å²) in [6.45, 7) is 5.57. The minimum atomic E-state index is -0.0374. The van der Waals surface area contributed by atoms with E-state index in [1.54, 1.807) is 30.3 Å². The molecule has 1 aliphatic rings. The molecular weight excluding hydrogens is 386 g/mol. The Labute approximate surface area is 176 Å². The van der Waals surface area contributed by atoms with Gasteiger partial charge in [0, 0.05) is 43.9 Å². The fourth-order valence-corrected chi connectivity index (χ4v) is 3.97. The van der Waals surface area contributed by atoms with Crippen LogP contribution in [0.1, 0.15) is 33.6 Å². The number of benzene rings is 1. The minimum absolute atomic E-state index is 0.0374. The van der Waals surface area contributed by atoms with Gasteiger partial charge in [0.2, 0.25) is 5.91 Å². The molecule has 3 rings (SSSR count). The molecule has 1 unspecified atom stereocenters. The molecule has 1 atom stereocenters. The molecule has 0 aliphatic carbocycles. The van der Waals surface area contributed by atoms with Gasteiger partial charge in [0.05, 0.1) is 23.4 Å². The van der Waals surface area contributed by atoms with E-state index in [9.17, 15) is 4.79 Å². The maximum atomic E-state index is 12.0. The molecule has 0 fully saturated rings. The zero-order valence-electron chi connectivity index (χ0n) is 17.5. The Balaban J connectivity index is 1.67. The number of ether oxygens (including phenoxy) is 1. The molecule has 7 nitrogen and oxygen atoms in total. The van der Waals surface area contributed by atoms with E-state index >= 15 is 0 Å². The third kappa shape index (κ3) is 5.69. The molecule has 156 valence electrons. The number of aryl methyl sites for hydroxylation is 2. The molecule has 0 radical (unpaired) electrons. The number of thiazole rings is 1. The predicted molar refractivity (Wildman–Crippen MR) is 117 cm³/mol. The molecule has 0 saturated heterocycles. The summed E-state index contributed by atoms with van der Waals surface area (Å²) >= 11 is 1.73. The number of aromatic nitrogens is 1. The number of hydrogen-bond donors (Lipinski definition) is 2. The summed E-state index contributed by atoms with van der Waals surface area (Å²) in [7, 11) is 3.47. The Bertz CT molecular complexity index is 858. The molecule has 2 heterocycles. The standard InChI is InChI=1S/C21H29N5O2S/c1-14-15(2)29-19(24-14)9-11-22-21(23-13-20(27)26(3)4)25-17-10-12-28-18-8-6-5-7-16(17)18/h5-8,17H,9-13H2,1-4H3,(H2,22,23,25). The number of likely N-dealkylation sites (N-methyl/N-ethyl adjacent to an activating group) is 1. The van der Waals surface area contributed by atoms with Gasteiger partial charge in [0.25, 0.3) is 0 Å². The second-order valence-electron chi connectivity index (χ2n) is 7.25. The quantitative estimate of drug-likeness (QED) is 0.560. The van der Waals surface area contributed by atoms with Crippen molar-refractivity contribution in [3.05, 3.63) is 45.4 Å². The molecule has 0 saturated carbocycles. The van der Waals surface area contributed by atoms with Crippen LogP contribution < -0.4 is 15.4 Å². The number of rotatable bonds is 6. The van der Waals surface area contributed by atoms with Crippen LogP contribution in [0, 0.1) is 13.8 Å². The molecule has 0 spiro atoms. The van der Waals surface area contributed by atoms with Crippen molar-refractivity contribution in [2.24, 2.45) is 4.99 Å². The SMILES string of the molecule is Cc1nc(CCNC(=NCC(=O)N(C)C)NC2CCOc3ccccc32)sc1C. The van der Waals surface area contributed by atoms with Gasteiger partial charge < -0.3 is 20.3 Å². The molecule has 1 aromatic carbocycles. The molecule has 1 aliphatic heterocycles. The van der Waals surface area contributed by atoms with Crippen molar-refractivity contribution in [2.75, 3.05) is 33.8 Å². The maximum Gasteiger partial charge on any atom is 0.243 e. The first-order valence-corrected chi connectivity index (χ1v) is 10.7. The zero-order chi connectivity index (χ0) is 20.8. The van der Waals surface area contributed by atoms with Crippen molar-refractivity contribution in [3.63, 3.8) is 0 Å². The van der Waals surface area contributed by atoms with Crippen molar-refractivity contribution in [3.8, 4) is 5.75 Å². The summed E-state index contributed by atoms with van der Waals surface area (Å²) in [5.74, 6) is 1.49. The van der Waals surface area contributed by atoms with E-state index in [0.29, 0.717) is 19.1 Å². The van der Waals surface area contributed by atoms with Gasteiger partial charge in [0.15, 0.2) is 5.96 Å². The van der Waals surface area contributed by atoms with Gasteiger partial charge in [0.1, 0.15) is 12.3 Å². The van der Waals surface area contributed by atoms with Crippen LogP contribution in [0.3, 0.4) is 0 Å². The Kier molecular flexibility index (Phi) is 7.09. The fourth-order valence-electron chi connectivity index (χ4n) is 3.03. The van der Waals surface area contributed by atoms with Crippen LogP contribution in [-0.2, 0) is 11.2 Å². The minimum Gasteiger partial charge on any atom is -0.493 e. The van der Waals surface area contributed by atoms with Gasteiger partial charge >= 0.3 is 0 Å². The first-order chi connectivity index (χ1) is 13.9. The van der Waals surface area contributed by atoms with Crippen molar-refractivity contribution < 1.29 is 9.53 Å². The normalized spacial score (nSPS) is 16.0. The molecule has 1 aromatic heterocycles. The van der Waals surface area contributed by atoms with Gasteiger partial charge in [-0.05, 0) is 19.9 Å². The number of nitrogens with zero attached hydrogens (tertiary/aromatic N) is 3. The van der Waals surface area contributed by atoms with Gasteiger partial charge in [-0.25, -0.2) is 9.98 Å². The number of nitrogens with one attached hydrogen (secondary N) is 2. The smallest absolute Gasteiger partial charge is 0.243 e. The number of carbonyl (C=O) groups is 1. The summed E-state index contributed by atoms with van der Waals surface area (Å²) in [6, 6.07) is 8.12. The summed E-state index contributed by atoms with van der Waals surface area (Å²) in [5, 5.41) is 7.95. The van der Waals surface area contributed by atoms with E-state index in [1.807, 2.05) is 25.1 Å². The van der Waals surface area contributed by atoms with E-state index in [-0.39, 0.29) is 18.5 Å². The molecule has 1 amide bonds. The number of hydrogen-bond acceptors (Lipinski definition) is 5. The third-order valence-electron chi connectivity index (χ3n) is 4.84. The number of amides is 1. The van der Waals surface area contributed by atoms with Crippen LogP contribution in [0.2, 0.25) is 0 Å². The van der Waals surface area contributed by atoms with Crippen molar-refractivity contribution in [1.29, 1.82) is 0 Å². The number of guanidine groups is 1. The molecule has 8 heteroatoms. The largest absolute Gasteiger partial charge is 0.493 e. The fraction of sp³-hybridized carbons (Fsp3) is 0.476. The highest BCUT2D eigenvalue weighted by atomic mass is 32.1. The predicted octanol–water partition coefficient (Wildman–Crippen LogP) is 2.45. The van der Waals surface area contributed by atoms with E-state index in [1.165, 1.54) is 4.88 Å². The Morgan fingerprint density at radius 2 is 2.14 bits per heavy atom. The van der Waals surface area contributed by atoms with Crippen LogP contribution in [0.4, 0.5) is 0 Å².